The Morgan fingerprint density at radius 3 is 2.31 bits per heavy atom. The first-order valence-electron chi connectivity index (χ1n) is 5.37. The number of rotatable bonds is 1. The number of ether oxygens (including phenoxy) is 2. The number of cyclic esters (lactones) is 1. The molecule has 0 saturated carbocycles. The van der Waals surface area contributed by atoms with E-state index in [2.05, 4.69) is 0 Å². The summed E-state index contributed by atoms with van der Waals surface area (Å²) in [6, 6.07) is 0. The monoisotopic (exact) mass is 220 g/mol. The van der Waals surface area contributed by atoms with Crippen LogP contribution in [0.5, 0.6) is 5.75 Å². The maximum Gasteiger partial charge on any atom is 0.342 e. The molecular weight excluding hydrogens is 204 g/mol. The lowest BCUT2D eigenvalue weighted by atomic mass is 9.91. The van der Waals surface area contributed by atoms with Gasteiger partial charge >= 0.3 is 5.97 Å². The van der Waals surface area contributed by atoms with Crippen molar-refractivity contribution in [2.45, 2.75) is 33.8 Å². The number of benzene rings is 1. The fourth-order valence-corrected chi connectivity index (χ4v) is 2.40. The highest BCUT2D eigenvalue weighted by Crippen LogP contribution is 2.42. The molecule has 0 unspecified atom stereocenters. The predicted octanol–water partition coefficient (Wildman–Crippen LogP) is 2.85. The Kier molecular flexibility index (Phi) is 2.41. The Labute approximate surface area is 95.4 Å². The van der Waals surface area contributed by atoms with Crippen LogP contribution >= 0.6 is 0 Å². The number of carbonyl (C=O) groups is 1. The van der Waals surface area contributed by atoms with Crippen LogP contribution < -0.4 is 4.74 Å². The molecule has 1 aromatic rings. The molecule has 0 saturated heterocycles. The second-order valence-corrected chi connectivity index (χ2v) is 4.24. The van der Waals surface area contributed by atoms with E-state index in [9.17, 15) is 4.79 Å². The van der Waals surface area contributed by atoms with Crippen molar-refractivity contribution in [1.82, 2.24) is 0 Å². The summed E-state index contributed by atoms with van der Waals surface area (Å²) in [5.74, 6) is 0.387. The standard InChI is InChI=1S/C13H16O3/c1-6-7(2)10-9(4)16-13(14)11(10)12(15-5)8(6)3/h9H,1-5H3/t9-/m0/s1. The normalized spacial score (nSPS) is 18.3. The van der Waals surface area contributed by atoms with Crippen molar-refractivity contribution >= 4 is 5.97 Å². The average Bonchev–Trinajstić information content (AvgIpc) is 2.52. The van der Waals surface area contributed by atoms with E-state index >= 15 is 0 Å². The van der Waals surface area contributed by atoms with E-state index in [1.165, 1.54) is 5.56 Å². The molecule has 0 N–H and O–H groups in total. The summed E-state index contributed by atoms with van der Waals surface area (Å²) in [5, 5.41) is 0. The molecule has 1 aliphatic heterocycles. The van der Waals surface area contributed by atoms with Crippen LogP contribution in [-0.4, -0.2) is 13.1 Å². The molecule has 0 spiro atoms. The fourth-order valence-electron chi connectivity index (χ4n) is 2.40. The van der Waals surface area contributed by atoms with Crippen LogP contribution in [0.15, 0.2) is 0 Å². The molecule has 0 aromatic heterocycles. The average molecular weight is 220 g/mol. The molecule has 0 fully saturated rings. The van der Waals surface area contributed by atoms with Gasteiger partial charge in [-0.2, -0.15) is 0 Å². The molecule has 0 amide bonds. The number of methoxy groups -OCH3 is 1. The van der Waals surface area contributed by atoms with E-state index in [1.807, 2.05) is 27.7 Å². The number of fused-ring (bicyclic) bond motifs is 1. The molecule has 0 bridgehead atoms. The summed E-state index contributed by atoms with van der Waals surface area (Å²) in [6.45, 7) is 7.94. The Morgan fingerprint density at radius 1 is 1.12 bits per heavy atom. The fraction of sp³-hybridized carbons (Fsp3) is 0.462. The van der Waals surface area contributed by atoms with Gasteiger partial charge in [-0.15, -0.1) is 0 Å². The zero-order valence-electron chi connectivity index (χ0n) is 10.3. The van der Waals surface area contributed by atoms with Gasteiger partial charge in [-0.25, -0.2) is 4.79 Å². The molecule has 0 aliphatic carbocycles. The summed E-state index contributed by atoms with van der Waals surface area (Å²) >= 11 is 0. The van der Waals surface area contributed by atoms with Crippen LogP contribution in [0.1, 0.15) is 45.6 Å². The van der Waals surface area contributed by atoms with Gasteiger partial charge in [0.15, 0.2) is 0 Å². The van der Waals surface area contributed by atoms with Crippen molar-refractivity contribution in [2.75, 3.05) is 7.11 Å². The summed E-state index contributed by atoms with van der Waals surface area (Å²) in [6.07, 6.45) is -0.171. The van der Waals surface area contributed by atoms with Gasteiger partial charge in [0.25, 0.3) is 0 Å². The molecular formula is C13H16O3. The minimum absolute atomic E-state index is 0.171. The highest BCUT2D eigenvalue weighted by atomic mass is 16.6. The molecule has 2 rings (SSSR count). The molecule has 1 aromatic carbocycles. The first-order chi connectivity index (χ1) is 7.49. The van der Waals surface area contributed by atoms with Gasteiger partial charge < -0.3 is 9.47 Å². The van der Waals surface area contributed by atoms with Crippen molar-refractivity contribution in [1.29, 1.82) is 0 Å². The van der Waals surface area contributed by atoms with E-state index in [-0.39, 0.29) is 12.1 Å². The van der Waals surface area contributed by atoms with Gasteiger partial charge in [0.1, 0.15) is 17.4 Å². The van der Waals surface area contributed by atoms with Crippen molar-refractivity contribution < 1.29 is 14.3 Å². The molecule has 0 radical (unpaired) electrons. The third-order valence-corrected chi connectivity index (χ3v) is 3.46. The Bertz CT molecular complexity index is 475. The van der Waals surface area contributed by atoms with Gasteiger partial charge in [-0.05, 0) is 44.4 Å². The van der Waals surface area contributed by atoms with E-state index in [1.54, 1.807) is 7.11 Å². The molecule has 86 valence electrons. The first-order valence-corrected chi connectivity index (χ1v) is 5.37. The van der Waals surface area contributed by atoms with Crippen LogP contribution in [0.3, 0.4) is 0 Å². The maximum absolute atomic E-state index is 11.8. The predicted molar refractivity (Wildman–Crippen MR) is 61.0 cm³/mol. The highest BCUT2D eigenvalue weighted by Gasteiger charge is 2.34. The summed E-state index contributed by atoms with van der Waals surface area (Å²) < 4.78 is 10.6. The smallest absolute Gasteiger partial charge is 0.342 e. The Hall–Kier alpha value is -1.51. The quantitative estimate of drug-likeness (QED) is 0.683. The van der Waals surface area contributed by atoms with E-state index in [0.717, 1.165) is 16.7 Å². The zero-order chi connectivity index (χ0) is 12.0. The van der Waals surface area contributed by atoms with Gasteiger partial charge in [0, 0.05) is 5.56 Å². The third kappa shape index (κ3) is 1.24. The maximum atomic E-state index is 11.8. The van der Waals surface area contributed by atoms with Gasteiger partial charge in [0.05, 0.1) is 7.11 Å². The largest absolute Gasteiger partial charge is 0.496 e. The summed E-state index contributed by atoms with van der Waals surface area (Å²) in [4.78, 5) is 11.8. The minimum atomic E-state index is -0.273. The van der Waals surface area contributed by atoms with Crippen molar-refractivity contribution in [3.05, 3.63) is 27.8 Å². The molecule has 16 heavy (non-hydrogen) atoms. The van der Waals surface area contributed by atoms with Gasteiger partial charge in [0.2, 0.25) is 0 Å². The molecule has 1 atom stereocenters. The van der Waals surface area contributed by atoms with E-state index in [4.69, 9.17) is 9.47 Å². The number of carbonyl (C=O) groups excluding carboxylic acids is 1. The summed E-state index contributed by atoms with van der Waals surface area (Å²) in [7, 11) is 1.59. The lowest BCUT2D eigenvalue weighted by Crippen LogP contribution is -2.04. The highest BCUT2D eigenvalue weighted by molar-refractivity contribution is 5.98. The third-order valence-electron chi connectivity index (χ3n) is 3.46. The lowest BCUT2D eigenvalue weighted by Gasteiger charge is -2.15. The van der Waals surface area contributed by atoms with Crippen molar-refractivity contribution in [3.63, 3.8) is 0 Å². The second-order valence-electron chi connectivity index (χ2n) is 4.24. The van der Waals surface area contributed by atoms with E-state index < -0.39 is 0 Å². The van der Waals surface area contributed by atoms with E-state index in [0.29, 0.717) is 11.3 Å². The Balaban J connectivity index is 2.85. The first kappa shape index (κ1) is 11.0. The van der Waals surface area contributed by atoms with Crippen LogP contribution in [0, 0.1) is 20.8 Å². The van der Waals surface area contributed by atoms with Crippen LogP contribution in [-0.2, 0) is 4.74 Å². The molecule has 1 heterocycles. The van der Waals surface area contributed by atoms with Crippen LogP contribution in [0.4, 0.5) is 0 Å². The zero-order valence-corrected chi connectivity index (χ0v) is 10.3. The Morgan fingerprint density at radius 2 is 1.75 bits per heavy atom. The van der Waals surface area contributed by atoms with Crippen LogP contribution in [0.2, 0.25) is 0 Å². The SMILES string of the molecule is COc1c(C)c(C)c(C)c2c1C(=O)O[C@H]2C. The number of esters is 1. The minimum Gasteiger partial charge on any atom is -0.496 e. The number of hydrogen-bond donors (Lipinski definition) is 0. The molecule has 3 nitrogen and oxygen atoms in total. The number of hydrogen-bond acceptors (Lipinski definition) is 3. The lowest BCUT2D eigenvalue weighted by molar-refractivity contribution is 0.0419. The second kappa shape index (κ2) is 3.51. The van der Waals surface area contributed by atoms with Crippen molar-refractivity contribution in [2.24, 2.45) is 0 Å². The van der Waals surface area contributed by atoms with Crippen molar-refractivity contribution in [3.8, 4) is 5.75 Å². The molecule has 1 aliphatic rings. The van der Waals surface area contributed by atoms with Gasteiger partial charge in [-0.3, -0.25) is 0 Å². The van der Waals surface area contributed by atoms with Gasteiger partial charge in [-0.1, -0.05) is 0 Å². The summed E-state index contributed by atoms with van der Waals surface area (Å²) in [5.41, 5.74) is 4.90. The van der Waals surface area contributed by atoms with Crippen LogP contribution in [0.25, 0.3) is 0 Å². The topological polar surface area (TPSA) is 35.5 Å². The molecule has 3 heteroatoms.